The van der Waals surface area contributed by atoms with E-state index in [9.17, 15) is 0 Å². The minimum absolute atomic E-state index is 0.0446. The molecule has 112 valence electrons. The Kier molecular flexibility index (Phi) is 2.25. The fourth-order valence-electron chi connectivity index (χ4n) is 4.03. The molecule has 0 fully saturated rings. The highest BCUT2D eigenvalue weighted by Gasteiger charge is 2.31. The third-order valence-electron chi connectivity index (χ3n) is 5.20. The minimum Gasteiger partial charge on any atom is -0.221 e. The molecule has 4 aromatic rings. The molecule has 0 N–H and O–H groups in total. The van der Waals surface area contributed by atoms with Gasteiger partial charge >= 0.3 is 0 Å². The van der Waals surface area contributed by atoms with Crippen molar-refractivity contribution in [3.8, 4) is 0 Å². The molecule has 2 aromatic heterocycles. The molecule has 2 nitrogen and oxygen atoms in total. The van der Waals surface area contributed by atoms with Crippen molar-refractivity contribution < 1.29 is 4.57 Å². The SMILES string of the molecule is Cc1cccc2c3cccc4c3c3n(cc[n+]3C(C)(C)C=C4)c12. The van der Waals surface area contributed by atoms with Crippen molar-refractivity contribution in [2.24, 2.45) is 0 Å². The van der Waals surface area contributed by atoms with Gasteiger partial charge in [-0.2, -0.15) is 4.40 Å². The summed E-state index contributed by atoms with van der Waals surface area (Å²) >= 11 is 0. The summed E-state index contributed by atoms with van der Waals surface area (Å²) in [5.74, 6) is 0. The van der Waals surface area contributed by atoms with Crippen LogP contribution < -0.4 is 4.57 Å². The number of hydrogen-bond donors (Lipinski definition) is 0. The van der Waals surface area contributed by atoms with Gasteiger partial charge in [-0.1, -0.05) is 42.5 Å². The number of aryl methyl sites for hydroxylation is 1. The molecule has 0 unspecified atom stereocenters. The Morgan fingerprint density at radius 2 is 1.78 bits per heavy atom. The van der Waals surface area contributed by atoms with Crippen molar-refractivity contribution in [3.05, 3.63) is 66.0 Å². The van der Waals surface area contributed by atoms with E-state index in [0.29, 0.717) is 0 Å². The van der Waals surface area contributed by atoms with Crippen LogP contribution in [-0.2, 0) is 5.54 Å². The van der Waals surface area contributed by atoms with Crippen molar-refractivity contribution >= 4 is 33.4 Å². The van der Waals surface area contributed by atoms with Gasteiger partial charge in [0.2, 0.25) is 0 Å². The molecule has 0 spiro atoms. The molecule has 0 saturated carbocycles. The number of pyridine rings is 1. The molecule has 5 rings (SSSR count). The van der Waals surface area contributed by atoms with Gasteiger partial charge in [-0.3, -0.25) is 0 Å². The number of rotatable bonds is 0. The van der Waals surface area contributed by atoms with E-state index in [1.165, 1.54) is 38.4 Å². The van der Waals surface area contributed by atoms with Crippen molar-refractivity contribution in [1.82, 2.24) is 4.40 Å². The lowest BCUT2D eigenvalue weighted by Crippen LogP contribution is -2.49. The average molecular weight is 299 g/mol. The quantitative estimate of drug-likeness (QED) is 0.331. The molecule has 3 heterocycles. The fraction of sp³-hybridized carbons (Fsp3) is 0.190. The molecule has 0 atom stereocenters. The van der Waals surface area contributed by atoms with Crippen LogP contribution in [-0.4, -0.2) is 4.40 Å². The number of imidazole rings is 1. The molecule has 0 saturated heterocycles. The summed E-state index contributed by atoms with van der Waals surface area (Å²) < 4.78 is 4.76. The van der Waals surface area contributed by atoms with Crippen LogP contribution in [0.1, 0.15) is 25.0 Å². The fourth-order valence-corrected chi connectivity index (χ4v) is 4.03. The van der Waals surface area contributed by atoms with Gasteiger partial charge in [0.15, 0.2) is 0 Å². The molecule has 0 radical (unpaired) electrons. The van der Waals surface area contributed by atoms with Gasteiger partial charge in [-0.05, 0) is 38.0 Å². The predicted molar refractivity (Wildman–Crippen MR) is 95.7 cm³/mol. The average Bonchev–Trinajstić information content (AvgIpc) is 2.94. The molecule has 1 aliphatic heterocycles. The van der Waals surface area contributed by atoms with E-state index in [-0.39, 0.29) is 5.54 Å². The molecule has 2 aromatic carbocycles. The highest BCUT2D eigenvalue weighted by atomic mass is 15.1. The van der Waals surface area contributed by atoms with E-state index in [2.05, 4.69) is 90.7 Å². The van der Waals surface area contributed by atoms with E-state index in [0.717, 1.165) is 0 Å². The third-order valence-corrected chi connectivity index (χ3v) is 5.20. The zero-order valence-electron chi connectivity index (χ0n) is 13.7. The monoisotopic (exact) mass is 299 g/mol. The summed E-state index contributed by atoms with van der Waals surface area (Å²) in [5.41, 5.74) is 5.16. The van der Waals surface area contributed by atoms with Crippen molar-refractivity contribution in [2.75, 3.05) is 0 Å². The van der Waals surface area contributed by atoms with E-state index < -0.39 is 0 Å². The Balaban J connectivity index is 2.22. The topological polar surface area (TPSA) is 8.29 Å². The number of fused-ring (bicyclic) bond motifs is 3. The second kappa shape index (κ2) is 4.02. The van der Waals surface area contributed by atoms with Crippen LogP contribution in [0.4, 0.5) is 0 Å². The number of allylic oxidation sites excluding steroid dienone is 1. The van der Waals surface area contributed by atoms with E-state index >= 15 is 0 Å². The zero-order valence-corrected chi connectivity index (χ0v) is 13.7. The van der Waals surface area contributed by atoms with Gasteiger partial charge in [0.25, 0.3) is 5.65 Å². The Labute approximate surface area is 135 Å². The van der Waals surface area contributed by atoms with Crippen LogP contribution in [0.3, 0.4) is 0 Å². The number of benzene rings is 2. The van der Waals surface area contributed by atoms with Gasteiger partial charge < -0.3 is 0 Å². The Hall–Kier alpha value is -2.61. The summed E-state index contributed by atoms with van der Waals surface area (Å²) in [5, 5.41) is 4.01. The second-order valence-electron chi connectivity index (χ2n) is 7.09. The van der Waals surface area contributed by atoms with Gasteiger partial charge in [-0.15, -0.1) is 0 Å². The zero-order chi connectivity index (χ0) is 15.8. The Bertz CT molecular complexity index is 1140. The second-order valence-corrected chi connectivity index (χ2v) is 7.09. The number of aromatic nitrogens is 2. The van der Waals surface area contributed by atoms with Crippen LogP contribution in [0.2, 0.25) is 0 Å². The van der Waals surface area contributed by atoms with Crippen LogP contribution in [0, 0.1) is 6.92 Å². The number of nitrogens with zero attached hydrogens (tertiary/aromatic N) is 2. The van der Waals surface area contributed by atoms with Crippen LogP contribution in [0.5, 0.6) is 0 Å². The summed E-state index contributed by atoms with van der Waals surface area (Å²) in [6.45, 7) is 6.73. The first-order valence-electron chi connectivity index (χ1n) is 8.14. The first kappa shape index (κ1) is 12.9. The van der Waals surface area contributed by atoms with Crippen molar-refractivity contribution in [1.29, 1.82) is 0 Å². The largest absolute Gasteiger partial charge is 0.296 e. The lowest BCUT2D eigenvalue weighted by molar-refractivity contribution is -0.720. The first-order valence-corrected chi connectivity index (χ1v) is 8.14. The van der Waals surface area contributed by atoms with Crippen molar-refractivity contribution in [3.63, 3.8) is 0 Å². The van der Waals surface area contributed by atoms with Gasteiger partial charge in [0, 0.05) is 10.8 Å². The molecule has 23 heavy (non-hydrogen) atoms. The number of hydrogen-bond acceptors (Lipinski definition) is 0. The Morgan fingerprint density at radius 3 is 2.65 bits per heavy atom. The van der Waals surface area contributed by atoms with Crippen molar-refractivity contribution in [2.45, 2.75) is 26.3 Å². The lowest BCUT2D eigenvalue weighted by Gasteiger charge is -2.16. The first-order chi connectivity index (χ1) is 11.1. The molecule has 2 heteroatoms. The lowest BCUT2D eigenvalue weighted by atomic mass is 9.99. The molecular weight excluding hydrogens is 280 g/mol. The summed E-state index contributed by atoms with van der Waals surface area (Å²) in [6, 6.07) is 13.2. The van der Waals surface area contributed by atoms with Gasteiger partial charge in [0.05, 0.1) is 5.39 Å². The predicted octanol–water partition coefficient (Wildman–Crippen LogP) is 4.60. The minimum atomic E-state index is -0.0446. The van der Waals surface area contributed by atoms with E-state index in [1.807, 2.05) is 0 Å². The maximum atomic E-state index is 2.40. The Morgan fingerprint density at radius 1 is 1.00 bits per heavy atom. The highest BCUT2D eigenvalue weighted by molar-refractivity contribution is 6.14. The molecule has 1 aliphatic rings. The highest BCUT2D eigenvalue weighted by Crippen LogP contribution is 2.35. The number of para-hydroxylation sites is 1. The normalized spacial score (nSPS) is 15.8. The van der Waals surface area contributed by atoms with Crippen LogP contribution in [0.25, 0.3) is 33.4 Å². The van der Waals surface area contributed by atoms with Gasteiger partial charge in [-0.25, -0.2) is 4.57 Å². The standard InChI is InChI=1S/C21H19N2/c1-14-6-4-9-17-16-8-5-7-15-10-11-21(2,3)23-13-12-22(19(14)17)20(23)18(15)16/h4-13H,1-3H3/q+1. The van der Waals surface area contributed by atoms with Gasteiger partial charge in [0.1, 0.15) is 23.4 Å². The maximum Gasteiger partial charge on any atom is 0.296 e. The summed E-state index contributed by atoms with van der Waals surface area (Å²) in [6.07, 6.45) is 9.01. The third kappa shape index (κ3) is 1.51. The summed E-state index contributed by atoms with van der Waals surface area (Å²) in [7, 11) is 0. The maximum absolute atomic E-state index is 2.40. The molecule has 0 aliphatic carbocycles. The van der Waals surface area contributed by atoms with Crippen LogP contribution in [0.15, 0.2) is 54.9 Å². The summed E-state index contributed by atoms with van der Waals surface area (Å²) in [4.78, 5) is 0. The smallest absolute Gasteiger partial charge is 0.221 e. The molecule has 0 amide bonds. The molecular formula is C21H19N2+. The van der Waals surface area contributed by atoms with E-state index in [4.69, 9.17) is 0 Å². The van der Waals surface area contributed by atoms with E-state index in [1.54, 1.807) is 0 Å². The van der Waals surface area contributed by atoms with Crippen LogP contribution >= 0.6 is 0 Å². The molecule has 0 bridgehead atoms.